The maximum Gasteiger partial charge on any atom is 0.310 e. The van der Waals surface area contributed by atoms with Crippen molar-refractivity contribution in [3.63, 3.8) is 0 Å². The van der Waals surface area contributed by atoms with Crippen LogP contribution in [0.4, 0.5) is 11.4 Å². The van der Waals surface area contributed by atoms with E-state index in [9.17, 15) is 10.1 Å². The lowest BCUT2D eigenvalue weighted by Crippen LogP contribution is -2.25. The van der Waals surface area contributed by atoms with Gasteiger partial charge >= 0.3 is 5.69 Å². The molecule has 0 unspecified atom stereocenters. The van der Waals surface area contributed by atoms with Crippen molar-refractivity contribution in [3.8, 4) is 0 Å². The molecule has 1 heterocycles. The molecule has 16 heavy (non-hydrogen) atoms. The van der Waals surface area contributed by atoms with E-state index in [1.165, 1.54) is 6.20 Å². The molecule has 86 valence electrons. The van der Waals surface area contributed by atoms with Gasteiger partial charge in [-0.3, -0.25) is 15.1 Å². The molecular weight excluding hydrogens is 206 g/mol. The minimum absolute atomic E-state index is 0.0330. The highest BCUT2D eigenvalue weighted by Gasteiger charge is 2.17. The van der Waals surface area contributed by atoms with E-state index in [1.54, 1.807) is 12.3 Å². The molecule has 0 spiro atoms. The Kier molecular flexibility index (Phi) is 3.99. The largest absolute Gasteiger partial charge is 0.362 e. The molecule has 0 N–H and O–H groups in total. The normalized spacial score (nSPS) is 9.88. The first-order valence-corrected chi connectivity index (χ1v) is 5.04. The highest BCUT2D eigenvalue weighted by molar-refractivity contribution is 5.62. The van der Waals surface area contributed by atoms with Crippen molar-refractivity contribution >= 4 is 11.4 Å². The van der Waals surface area contributed by atoms with Crippen molar-refractivity contribution in [3.05, 3.63) is 40.7 Å². The Bertz CT molecular complexity index is 404. The van der Waals surface area contributed by atoms with E-state index in [2.05, 4.69) is 11.6 Å². The summed E-state index contributed by atoms with van der Waals surface area (Å²) < 4.78 is 0. The van der Waals surface area contributed by atoms with Crippen LogP contribution in [0, 0.1) is 10.1 Å². The zero-order valence-electron chi connectivity index (χ0n) is 9.51. The van der Waals surface area contributed by atoms with Crippen LogP contribution >= 0.6 is 0 Å². The minimum Gasteiger partial charge on any atom is -0.362 e. The van der Waals surface area contributed by atoms with E-state index >= 15 is 0 Å². The highest BCUT2D eigenvalue weighted by atomic mass is 16.6. The molecule has 0 fully saturated rings. The summed E-state index contributed by atoms with van der Waals surface area (Å²) in [5.41, 5.74) is 1.59. The highest BCUT2D eigenvalue weighted by Crippen LogP contribution is 2.26. The Hall–Kier alpha value is -1.91. The summed E-state index contributed by atoms with van der Waals surface area (Å²) in [6, 6.07) is 1.66. The van der Waals surface area contributed by atoms with Gasteiger partial charge in [-0.2, -0.15) is 0 Å². The molecule has 1 aromatic heterocycles. The van der Waals surface area contributed by atoms with Crippen LogP contribution in [0.1, 0.15) is 13.8 Å². The molecule has 0 saturated carbocycles. The van der Waals surface area contributed by atoms with Crippen LogP contribution in [0.5, 0.6) is 0 Å². The number of aromatic nitrogens is 1. The second-order valence-electron chi connectivity index (χ2n) is 3.59. The van der Waals surface area contributed by atoms with E-state index in [0.717, 1.165) is 5.57 Å². The van der Waals surface area contributed by atoms with Gasteiger partial charge in [0.05, 0.1) is 4.92 Å². The van der Waals surface area contributed by atoms with Crippen molar-refractivity contribution in [1.82, 2.24) is 4.98 Å². The molecule has 0 amide bonds. The third kappa shape index (κ3) is 2.79. The molecular formula is C11H15N3O2. The van der Waals surface area contributed by atoms with E-state index in [0.29, 0.717) is 18.8 Å². The van der Waals surface area contributed by atoms with Crippen molar-refractivity contribution in [2.24, 2.45) is 0 Å². The van der Waals surface area contributed by atoms with Crippen LogP contribution in [0.15, 0.2) is 30.6 Å². The molecule has 0 radical (unpaired) electrons. The average Bonchev–Trinajstić information content (AvgIpc) is 2.25. The van der Waals surface area contributed by atoms with Gasteiger partial charge in [0.15, 0.2) is 0 Å². The van der Waals surface area contributed by atoms with Gasteiger partial charge in [-0.1, -0.05) is 12.2 Å². The van der Waals surface area contributed by atoms with Gasteiger partial charge in [-0.25, -0.2) is 0 Å². The van der Waals surface area contributed by atoms with Crippen LogP contribution in [0.3, 0.4) is 0 Å². The van der Waals surface area contributed by atoms with Crippen molar-refractivity contribution in [1.29, 1.82) is 0 Å². The Morgan fingerprint density at radius 1 is 1.69 bits per heavy atom. The lowest BCUT2D eigenvalue weighted by Gasteiger charge is -2.22. The molecule has 0 aliphatic carbocycles. The molecule has 5 heteroatoms. The molecule has 5 nitrogen and oxygen atoms in total. The van der Waals surface area contributed by atoms with Gasteiger partial charge in [0, 0.05) is 19.3 Å². The Balaban J connectivity index is 3.08. The van der Waals surface area contributed by atoms with Gasteiger partial charge in [0.25, 0.3) is 0 Å². The number of pyridine rings is 1. The first-order chi connectivity index (χ1) is 7.56. The Morgan fingerprint density at radius 3 is 2.88 bits per heavy atom. The molecule has 0 atom stereocenters. The van der Waals surface area contributed by atoms with E-state index in [-0.39, 0.29) is 5.69 Å². The zero-order chi connectivity index (χ0) is 12.1. The molecule has 0 aliphatic rings. The topological polar surface area (TPSA) is 59.3 Å². The smallest absolute Gasteiger partial charge is 0.310 e. The van der Waals surface area contributed by atoms with Crippen LogP contribution < -0.4 is 4.90 Å². The lowest BCUT2D eigenvalue weighted by atomic mass is 10.2. The summed E-state index contributed by atoms with van der Waals surface area (Å²) in [6.07, 6.45) is 2.83. The lowest BCUT2D eigenvalue weighted by molar-refractivity contribution is -0.384. The first kappa shape index (κ1) is 12.2. The fourth-order valence-electron chi connectivity index (χ4n) is 1.48. The molecule has 0 saturated heterocycles. The predicted octanol–water partition coefficient (Wildman–Crippen LogP) is 2.39. The van der Waals surface area contributed by atoms with Gasteiger partial charge in [0.1, 0.15) is 11.9 Å². The standard InChI is InChI=1S/C11H15N3O2/c1-4-13(8-9(2)3)10-5-6-12-7-11(10)14(15)16/h5-7H,2,4,8H2,1,3H3. The van der Waals surface area contributed by atoms with E-state index < -0.39 is 4.92 Å². The van der Waals surface area contributed by atoms with Crippen molar-refractivity contribution in [2.45, 2.75) is 13.8 Å². The van der Waals surface area contributed by atoms with Gasteiger partial charge in [-0.15, -0.1) is 0 Å². The summed E-state index contributed by atoms with van der Waals surface area (Å²) in [7, 11) is 0. The summed E-state index contributed by atoms with van der Waals surface area (Å²) in [5, 5.41) is 10.8. The fraction of sp³-hybridized carbons (Fsp3) is 0.364. The zero-order valence-corrected chi connectivity index (χ0v) is 9.51. The molecule has 0 aliphatic heterocycles. The minimum atomic E-state index is -0.413. The van der Waals surface area contributed by atoms with Gasteiger partial charge in [-0.05, 0) is 19.9 Å². The summed E-state index contributed by atoms with van der Waals surface area (Å²) in [5.74, 6) is 0. The number of rotatable bonds is 5. The van der Waals surface area contributed by atoms with Crippen LogP contribution in [0.2, 0.25) is 0 Å². The number of hydrogen-bond acceptors (Lipinski definition) is 4. The molecule has 1 rings (SSSR count). The summed E-state index contributed by atoms with van der Waals surface area (Å²) >= 11 is 0. The van der Waals surface area contributed by atoms with Crippen LogP contribution in [-0.4, -0.2) is 23.0 Å². The Labute approximate surface area is 94.6 Å². The maximum atomic E-state index is 10.8. The molecule has 0 bridgehead atoms. The third-order valence-electron chi connectivity index (χ3n) is 2.16. The summed E-state index contributed by atoms with van der Waals surface area (Å²) in [4.78, 5) is 16.1. The monoisotopic (exact) mass is 221 g/mol. The third-order valence-corrected chi connectivity index (χ3v) is 2.16. The number of hydrogen-bond donors (Lipinski definition) is 0. The predicted molar refractivity (Wildman–Crippen MR) is 63.6 cm³/mol. The number of nitrogens with zero attached hydrogens (tertiary/aromatic N) is 3. The Morgan fingerprint density at radius 2 is 2.38 bits per heavy atom. The quantitative estimate of drug-likeness (QED) is 0.435. The van der Waals surface area contributed by atoms with Crippen LogP contribution in [-0.2, 0) is 0 Å². The van der Waals surface area contributed by atoms with Gasteiger partial charge in [0.2, 0.25) is 0 Å². The first-order valence-electron chi connectivity index (χ1n) is 5.04. The fourth-order valence-corrected chi connectivity index (χ4v) is 1.48. The van der Waals surface area contributed by atoms with E-state index in [1.807, 2.05) is 18.7 Å². The maximum absolute atomic E-state index is 10.8. The SMILES string of the molecule is C=C(C)CN(CC)c1ccncc1[N+](=O)[O-]. The van der Waals surface area contributed by atoms with Crippen molar-refractivity contribution in [2.75, 3.05) is 18.0 Å². The van der Waals surface area contributed by atoms with E-state index in [4.69, 9.17) is 0 Å². The second kappa shape index (κ2) is 5.25. The van der Waals surface area contributed by atoms with Crippen molar-refractivity contribution < 1.29 is 4.92 Å². The van der Waals surface area contributed by atoms with Gasteiger partial charge < -0.3 is 4.90 Å². The molecule has 1 aromatic rings. The number of anilines is 1. The molecule has 0 aromatic carbocycles. The summed E-state index contributed by atoms with van der Waals surface area (Å²) in [6.45, 7) is 8.97. The number of nitro groups is 1. The number of likely N-dealkylation sites (N-methyl/N-ethyl adjacent to an activating group) is 1. The second-order valence-corrected chi connectivity index (χ2v) is 3.59. The average molecular weight is 221 g/mol. The van der Waals surface area contributed by atoms with Crippen LogP contribution in [0.25, 0.3) is 0 Å².